The molecule has 1 aromatic rings. The molecular weight excluding hydrogens is 330 g/mol. The maximum Gasteiger partial charge on any atom is 0.270 e. The van der Waals surface area contributed by atoms with Gasteiger partial charge >= 0.3 is 0 Å². The van der Waals surface area contributed by atoms with E-state index in [1.165, 1.54) is 18.4 Å². The van der Waals surface area contributed by atoms with Gasteiger partial charge in [0.1, 0.15) is 0 Å². The Labute approximate surface area is 154 Å². The Kier molecular flexibility index (Phi) is 4.90. The summed E-state index contributed by atoms with van der Waals surface area (Å²) in [5.41, 5.74) is 3.78. The zero-order valence-corrected chi connectivity index (χ0v) is 15.2. The van der Waals surface area contributed by atoms with Crippen LogP contribution in [0.2, 0.25) is 0 Å². The van der Waals surface area contributed by atoms with Crippen molar-refractivity contribution >= 4 is 5.91 Å². The first-order chi connectivity index (χ1) is 12.7. The highest BCUT2D eigenvalue weighted by Crippen LogP contribution is 2.50. The second-order valence-electron chi connectivity index (χ2n) is 7.86. The van der Waals surface area contributed by atoms with E-state index in [-0.39, 0.29) is 5.91 Å². The van der Waals surface area contributed by atoms with Crippen LogP contribution in [0.3, 0.4) is 0 Å². The van der Waals surface area contributed by atoms with Gasteiger partial charge in [-0.1, -0.05) is 12.1 Å². The van der Waals surface area contributed by atoms with Gasteiger partial charge in [0.05, 0.1) is 13.2 Å². The maximum atomic E-state index is 11.6. The summed E-state index contributed by atoms with van der Waals surface area (Å²) >= 11 is 0. The van der Waals surface area contributed by atoms with E-state index >= 15 is 0 Å². The van der Waals surface area contributed by atoms with Gasteiger partial charge in [-0.25, -0.2) is 5.48 Å². The van der Waals surface area contributed by atoms with Gasteiger partial charge in [-0.05, 0) is 80.4 Å². The van der Waals surface area contributed by atoms with Gasteiger partial charge in [0.25, 0.3) is 5.91 Å². The van der Waals surface area contributed by atoms with E-state index in [1.807, 2.05) is 6.07 Å². The van der Waals surface area contributed by atoms with Crippen molar-refractivity contribution in [1.82, 2.24) is 5.48 Å². The van der Waals surface area contributed by atoms with Crippen LogP contribution in [-0.4, -0.2) is 24.3 Å². The van der Waals surface area contributed by atoms with Crippen LogP contribution in [0.1, 0.15) is 56.4 Å². The third-order valence-corrected chi connectivity index (χ3v) is 6.29. The number of amides is 1. The number of allylic oxidation sites excluding steroid dienone is 1. The van der Waals surface area contributed by atoms with Crippen LogP contribution in [0.15, 0.2) is 29.8 Å². The minimum absolute atomic E-state index is 0.310. The van der Waals surface area contributed by atoms with E-state index in [9.17, 15) is 4.79 Å². The zero-order valence-electron chi connectivity index (χ0n) is 15.2. The molecule has 0 heterocycles. The summed E-state index contributed by atoms with van der Waals surface area (Å²) in [7, 11) is 1.69. The molecule has 3 aliphatic rings. The Balaban J connectivity index is 1.48. The number of methoxy groups -OCH3 is 1. The molecule has 140 valence electrons. The van der Waals surface area contributed by atoms with Gasteiger partial charge in [0, 0.05) is 5.57 Å². The summed E-state index contributed by atoms with van der Waals surface area (Å²) in [5.74, 6) is 2.72. The number of ether oxygens (including phenoxy) is 2. The predicted molar refractivity (Wildman–Crippen MR) is 97.5 cm³/mol. The lowest BCUT2D eigenvalue weighted by atomic mass is 9.94. The van der Waals surface area contributed by atoms with E-state index in [4.69, 9.17) is 14.7 Å². The molecule has 2 fully saturated rings. The quantitative estimate of drug-likeness (QED) is 0.618. The number of hydroxylamine groups is 1. The smallest absolute Gasteiger partial charge is 0.270 e. The maximum absolute atomic E-state index is 11.6. The number of hydrogen-bond acceptors (Lipinski definition) is 4. The number of benzene rings is 1. The molecule has 1 amide bonds. The molecule has 0 aliphatic heterocycles. The molecule has 0 aromatic heterocycles. The summed E-state index contributed by atoms with van der Waals surface area (Å²) in [5, 5.41) is 8.82. The molecule has 2 saturated carbocycles. The number of hydrogen-bond donors (Lipinski definition) is 2. The topological polar surface area (TPSA) is 67.8 Å². The highest BCUT2D eigenvalue weighted by Gasteiger charge is 2.39. The molecular formula is C21H27NO4. The molecule has 2 N–H and O–H groups in total. The van der Waals surface area contributed by atoms with Crippen molar-refractivity contribution in [2.24, 2.45) is 11.8 Å². The largest absolute Gasteiger partial charge is 0.493 e. The molecule has 5 heteroatoms. The van der Waals surface area contributed by atoms with E-state index in [0.717, 1.165) is 49.2 Å². The van der Waals surface area contributed by atoms with Crippen molar-refractivity contribution in [3.05, 3.63) is 35.4 Å². The number of carbonyl (C=O) groups excluding carboxylic acids is 1. The number of rotatable bonds is 5. The van der Waals surface area contributed by atoms with Crippen molar-refractivity contribution in [1.29, 1.82) is 0 Å². The SMILES string of the molecule is COc1ccc([C@@H]2C[C@@H]3CC(C(=O)NO)=C[C@@H]3C2)cc1OC1CCCC1. The molecule has 0 unspecified atom stereocenters. The Bertz CT molecular complexity index is 708. The Morgan fingerprint density at radius 3 is 2.69 bits per heavy atom. The fraction of sp³-hybridized carbons (Fsp3) is 0.571. The van der Waals surface area contributed by atoms with Gasteiger partial charge in [-0.3, -0.25) is 10.0 Å². The lowest BCUT2D eigenvalue weighted by molar-refractivity contribution is -0.125. The first-order valence-electron chi connectivity index (χ1n) is 9.67. The average molecular weight is 357 g/mol. The molecule has 3 aliphatic carbocycles. The lowest BCUT2D eigenvalue weighted by Gasteiger charge is -2.19. The summed E-state index contributed by atoms with van der Waals surface area (Å²) in [6.07, 6.45) is 9.97. The second kappa shape index (κ2) is 7.31. The van der Waals surface area contributed by atoms with E-state index in [2.05, 4.69) is 18.2 Å². The molecule has 0 radical (unpaired) electrons. The van der Waals surface area contributed by atoms with Gasteiger partial charge < -0.3 is 9.47 Å². The fourth-order valence-electron chi connectivity index (χ4n) is 4.94. The van der Waals surface area contributed by atoms with Crippen LogP contribution >= 0.6 is 0 Å². The van der Waals surface area contributed by atoms with E-state index in [0.29, 0.717) is 23.9 Å². The number of carbonyl (C=O) groups is 1. The zero-order chi connectivity index (χ0) is 18.1. The van der Waals surface area contributed by atoms with Crippen LogP contribution in [-0.2, 0) is 4.79 Å². The molecule has 5 nitrogen and oxygen atoms in total. The van der Waals surface area contributed by atoms with Crippen molar-refractivity contribution in [2.75, 3.05) is 7.11 Å². The molecule has 0 bridgehead atoms. The van der Waals surface area contributed by atoms with Crippen molar-refractivity contribution in [3.8, 4) is 11.5 Å². The monoisotopic (exact) mass is 357 g/mol. The Morgan fingerprint density at radius 1 is 1.19 bits per heavy atom. The summed E-state index contributed by atoms with van der Waals surface area (Å²) in [6, 6.07) is 6.33. The molecule has 0 spiro atoms. The first kappa shape index (κ1) is 17.4. The highest BCUT2D eigenvalue weighted by molar-refractivity contribution is 5.93. The van der Waals surface area contributed by atoms with Crippen LogP contribution in [0.5, 0.6) is 11.5 Å². The highest BCUT2D eigenvalue weighted by atomic mass is 16.5. The second-order valence-corrected chi connectivity index (χ2v) is 7.86. The standard InChI is InChI=1S/C21H27NO4/c1-25-19-7-6-13(12-20(19)26-18-4-2-3-5-18)14-8-15-10-17(21(23)22-24)11-16(15)9-14/h6-7,10,12,14-16,18,24H,2-5,8-9,11H2,1H3,(H,22,23)/t14-,15-,16+/m0/s1. The summed E-state index contributed by atoms with van der Waals surface area (Å²) in [6.45, 7) is 0. The van der Waals surface area contributed by atoms with Crippen molar-refractivity contribution in [2.45, 2.75) is 57.0 Å². The molecule has 26 heavy (non-hydrogen) atoms. The molecule has 0 saturated heterocycles. The van der Waals surface area contributed by atoms with Crippen LogP contribution in [0.4, 0.5) is 0 Å². The number of nitrogens with one attached hydrogen (secondary N) is 1. The summed E-state index contributed by atoms with van der Waals surface area (Å²) in [4.78, 5) is 11.6. The first-order valence-corrected chi connectivity index (χ1v) is 9.67. The predicted octanol–water partition coefficient (Wildman–Crippen LogP) is 3.96. The third-order valence-electron chi connectivity index (χ3n) is 6.29. The third kappa shape index (κ3) is 3.32. The van der Waals surface area contributed by atoms with Gasteiger partial charge in [0.15, 0.2) is 11.5 Å². The van der Waals surface area contributed by atoms with Crippen molar-refractivity contribution < 1.29 is 19.5 Å². The summed E-state index contributed by atoms with van der Waals surface area (Å²) < 4.78 is 11.7. The van der Waals surface area contributed by atoms with Crippen LogP contribution in [0.25, 0.3) is 0 Å². The molecule has 1 aromatic carbocycles. The van der Waals surface area contributed by atoms with Gasteiger partial charge in [-0.2, -0.15) is 0 Å². The fourth-order valence-corrected chi connectivity index (χ4v) is 4.94. The Morgan fingerprint density at radius 2 is 2.00 bits per heavy atom. The number of fused-ring (bicyclic) bond motifs is 1. The van der Waals surface area contributed by atoms with Crippen LogP contribution in [0, 0.1) is 11.8 Å². The molecule has 3 atom stereocenters. The average Bonchev–Trinajstić information content (AvgIpc) is 3.37. The Hall–Kier alpha value is -2.01. The van der Waals surface area contributed by atoms with E-state index < -0.39 is 0 Å². The minimum Gasteiger partial charge on any atom is -0.493 e. The van der Waals surface area contributed by atoms with Crippen molar-refractivity contribution in [3.63, 3.8) is 0 Å². The molecule has 4 rings (SSSR count). The van der Waals surface area contributed by atoms with E-state index in [1.54, 1.807) is 12.6 Å². The lowest BCUT2D eigenvalue weighted by Crippen LogP contribution is -2.20. The van der Waals surface area contributed by atoms with Gasteiger partial charge in [0.2, 0.25) is 0 Å². The van der Waals surface area contributed by atoms with Crippen LogP contribution < -0.4 is 15.0 Å². The van der Waals surface area contributed by atoms with Gasteiger partial charge in [-0.15, -0.1) is 0 Å². The normalized spacial score (nSPS) is 27.9. The minimum atomic E-state index is -0.354.